The van der Waals surface area contributed by atoms with Crippen molar-refractivity contribution >= 4 is 29.1 Å². The molecule has 2 amide bonds. The Labute approximate surface area is 280 Å². The number of aromatic nitrogens is 2. The topological polar surface area (TPSA) is 85.7 Å². The van der Waals surface area contributed by atoms with Crippen molar-refractivity contribution in [3.63, 3.8) is 0 Å². The number of hydrogen-bond acceptors (Lipinski definition) is 5. The third kappa shape index (κ3) is 8.69. The molecular formula is C36H42ClFN5O4+. The van der Waals surface area contributed by atoms with Gasteiger partial charge in [-0.3, -0.25) is 14.3 Å². The largest absolute Gasteiger partial charge is 0.493 e. The molecule has 47 heavy (non-hydrogen) atoms. The number of nitrogens with one attached hydrogen (secondary N) is 1. The van der Waals surface area contributed by atoms with Crippen LogP contribution >= 0.6 is 11.6 Å². The van der Waals surface area contributed by atoms with Crippen molar-refractivity contribution in [1.29, 1.82) is 0 Å². The Balaban J connectivity index is 1.24. The van der Waals surface area contributed by atoms with Crippen molar-refractivity contribution in [2.75, 3.05) is 58.9 Å². The van der Waals surface area contributed by atoms with Crippen molar-refractivity contribution in [2.45, 2.75) is 32.7 Å². The number of fused-ring (bicyclic) bond motifs is 1. The quantitative estimate of drug-likeness (QED) is 0.146. The molecule has 1 aliphatic heterocycles. The van der Waals surface area contributed by atoms with Gasteiger partial charge in [-0.1, -0.05) is 35.9 Å². The van der Waals surface area contributed by atoms with Crippen LogP contribution in [-0.2, 0) is 11.3 Å². The third-order valence-electron chi connectivity index (χ3n) is 8.03. The SMILES string of the molecule is Cc1c(Cl)cccc1OCCCC(=O)N1CCCOc2c(-c3cnn(Cc4ccc(C(=O)NCC[N+](C)(C)C)cc4F)c3)cccc21. The highest BCUT2D eigenvalue weighted by Crippen LogP contribution is 2.40. The standard InChI is InChI=1S/C36H41ClFN5O4/c1-25-30(37)10-6-12-33(25)46-19-7-13-34(44)42-17-8-20-47-35-29(9-5-11-32(35)42)28-22-40-41(24-28)23-27-15-14-26(21-31(27)38)36(45)39-16-18-43(2,3)4/h5-6,9-12,14-15,21-22,24H,7-8,13,16-20,23H2,1-4H3/p+1. The van der Waals surface area contributed by atoms with Gasteiger partial charge >= 0.3 is 0 Å². The van der Waals surface area contributed by atoms with Crippen LogP contribution in [0.2, 0.25) is 5.02 Å². The number of halogens is 2. The Morgan fingerprint density at radius 1 is 1.13 bits per heavy atom. The maximum atomic E-state index is 15.1. The second-order valence-corrected chi connectivity index (χ2v) is 13.1. The van der Waals surface area contributed by atoms with Crippen LogP contribution in [0.25, 0.3) is 11.1 Å². The van der Waals surface area contributed by atoms with Gasteiger partial charge in [-0.15, -0.1) is 0 Å². The van der Waals surface area contributed by atoms with E-state index in [0.717, 1.165) is 33.5 Å². The lowest BCUT2D eigenvalue weighted by Crippen LogP contribution is -2.41. The van der Waals surface area contributed by atoms with E-state index in [1.54, 1.807) is 27.9 Å². The molecule has 1 aromatic heterocycles. The van der Waals surface area contributed by atoms with Crippen LogP contribution in [0, 0.1) is 12.7 Å². The molecule has 0 atom stereocenters. The first-order chi connectivity index (χ1) is 22.5. The zero-order chi connectivity index (χ0) is 33.6. The van der Waals surface area contributed by atoms with Gasteiger partial charge in [-0.25, -0.2) is 4.39 Å². The van der Waals surface area contributed by atoms with E-state index >= 15 is 4.39 Å². The second kappa shape index (κ2) is 15.0. The van der Waals surface area contributed by atoms with Gasteiger partial charge in [0.2, 0.25) is 5.91 Å². The van der Waals surface area contributed by atoms with Crippen molar-refractivity contribution in [3.8, 4) is 22.6 Å². The van der Waals surface area contributed by atoms with E-state index in [0.29, 0.717) is 67.6 Å². The maximum Gasteiger partial charge on any atom is 0.251 e. The highest BCUT2D eigenvalue weighted by Gasteiger charge is 2.25. The summed E-state index contributed by atoms with van der Waals surface area (Å²) in [5.74, 6) is 0.564. The highest BCUT2D eigenvalue weighted by atomic mass is 35.5. The molecule has 0 unspecified atom stereocenters. The summed E-state index contributed by atoms with van der Waals surface area (Å²) in [6.07, 6.45) is 5.11. The Bertz CT molecular complexity index is 1730. The number of carbonyl (C=O) groups excluding carboxylic acids is 2. The van der Waals surface area contributed by atoms with E-state index in [1.165, 1.54) is 6.07 Å². The van der Waals surface area contributed by atoms with Gasteiger partial charge in [0.25, 0.3) is 5.91 Å². The van der Waals surface area contributed by atoms with Gasteiger partial charge in [0, 0.05) is 52.0 Å². The van der Waals surface area contributed by atoms with Gasteiger partial charge in [0.15, 0.2) is 5.75 Å². The summed E-state index contributed by atoms with van der Waals surface area (Å²) in [6.45, 7) is 4.78. The minimum absolute atomic E-state index is 0.00279. The fourth-order valence-electron chi connectivity index (χ4n) is 5.36. The molecule has 4 aromatic rings. The van der Waals surface area contributed by atoms with E-state index < -0.39 is 5.82 Å². The number of benzene rings is 3. The van der Waals surface area contributed by atoms with Gasteiger partial charge < -0.3 is 24.2 Å². The minimum Gasteiger partial charge on any atom is -0.493 e. The molecule has 2 heterocycles. The molecule has 0 fully saturated rings. The zero-order valence-corrected chi connectivity index (χ0v) is 28.1. The number of anilines is 1. The maximum absolute atomic E-state index is 15.1. The van der Waals surface area contributed by atoms with Gasteiger partial charge in [-0.2, -0.15) is 5.10 Å². The number of carbonyl (C=O) groups is 2. The first-order valence-corrected chi connectivity index (χ1v) is 16.2. The summed E-state index contributed by atoms with van der Waals surface area (Å²) in [5.41, 5.74) is 3.87. The first-order valence-electron chi connectivity index (χ1n) is 15.8. The molecule has 3 aromatic carbocycles. The van der Waals surface area contributed by atoms with Crippen molar-refractivity contribution in [1.82, 2.24) is 15.1 Å². The smallest absolute Gasteiger partial charge is 0.251 e. The fraction of sp³-hybridized carbons (Fsp3) is 0.361. The summed E-state index contributed by atoms with van der Waals surface area (Å²) in [7, 11) is 6.13. The Hall–Kier alpha value is -4.41. The van der Waals surface area contributed by atoms with Gasteiger partial charge in [0.1, 0.15) is 11.6 Å². The molecule has 1 aliphatic rings. The molecule has 0 aliphatic carbocycles. The monoisotopic (exact) mass is 662 g/mol. The number of rotatable bonds is 12. The van der Waals surface area contributed by atoms with E-state index in [-0.39, 0.29) is 23.9 Å². The summed E-state index contributed by atoms with van der Waals surface area (Å²) in [6, 6.07) is 15.8. The normalized spacial score (nSPS) is 13.0. The summed E-state index contributed by atoms with van der Waals surface area (Å²) < 4.78 is 29.5. The Morgan fingerprint density at radius 2 is 1.94 bits per heavy atom. The number of likely N-dealkylation sites (N-methyl/N-ethyl adjacent to an activating group) is 1. The fourth-order valence-corrected chi connectivity index (χ4v) is 5.53. The van der Waals surface area contributed by atoms with Crippen molar-refractivity contribution in [2.24, 2.45) is 0 Å². The number of ether oxygens (including phenoxy) is 2. The number of nitrogens with zero attached hydrogens (tertiary/aromatic N) is 4. The second-order valence-electron chi connectivity index (χ2n) is 12.7. The summed E-state index contributed by atoms with van der Waals surface area (Å²) in [5, 5.41) is 7.97. The number of amides is 2. The zero-order valence-electron chi connectivity index (χ0n) is 27.4. The average Bonchev–Trinajstić information content (AvgIpc) is 3.38. The van der Waals surface area contributed by atoms with E-state index in [9.17, 15) is 9.59 Å². The molecule has 0 saturated heterocycles. The Kier molecular flexibility index (Phi) is 10.8. The molecule has 0 radical (unpaired) electrons. The van der Waals surface area contributed by atoms with E-state index in [4.69, 9.17) is 21.1 Å². The lowest BCUT2D eigenvalue weighted by molar-refractivity contribution is -0.869. The van der Waals surface area contributed by atoms with Crippen LogP contribution in [0.1, 0.15) is 40.7 Å². The van der Waals surface area contributed by atoms with Crippen LogP contribution in [0.4, 0.5) is 10.1 Å². The lowest BCUT2D eigenvalue weighted by Gasteiger charge is -2.23. The van der Waals surface area contributed by atoms with Crippen molar-refractivity contribution in [3.05, 3.63) is 94.5 Å². The van der Waals surface area contributed by atoms with E-state index in [1.807, 2.05) is 70.7 Å². The molecule has 9 nitrogen and oxygen atoms in total. The molecule has 5 rings (SSSR count). The molecule has 0 saturated carbocycles. The molecule has 1 N–H and O–H groups in total. The first kappa shape index (κ1) is 33.9. The summed E-state index contributed by atoms with van der Waals surface area (Å²) in [4.78, 5) is 27.7. The molecule has 0 bridgehead atoms. The predicted octanol–water partition coefficient (Wildman–Crippen LogP) is 6.11. The van der Waals surface area contributed by atoms with Crippen molar-refractivity contribution < 1.29 is 27.9 Å². The molecule has 11 heteroatoms. The molecular weight excluding hydrogens is 621 g/mol. The molecule has 248 valence electrons. The van der Waals surface area contributed by atoms with Crippen LogP contribution in [-0.4, -0.2) is 80.1 Å². The van der Waals surface area contributed by atoms with Crippen LogP contribution in [0.5, 0.6) is 11.5 Å². The van der Waals surface area contributed by atoms with E-state index in [2.05, 4.69) is 10.4 Å². The Morgan fingerprint density at radius 3 is 2.72 bits per heavy atom. The average molecular weight is 663 g/mol. The minimum atomic E-state index is -0.472. The highest BCUT2D eigenvalue weighted by molar-refractivity contribution is 6.31. The lowest BCUT2D eigenvalue weighted by atomic mass is 10.1. The van der Waals surface area contributed by atoms with Gasteiger partial charge in [0.05, 0.1) is 65.9 Å². The molecule has 0 spiro atoms. The van der Waals surface area contributed by atoms with Crippen LogP contribution in [0.3, 0.4) is 0 Å². The number of hydrogen-bond donors (Lipinski definition) is 1. The van der Waals surface area contributed by atoms with Crippen LogP contribution < -0.4 is 19.7 Å². The number of quaternary nitrogens is 1. The number of para-hydroxylation sites is 1. The van der Waals surface area contributed by atoms with Crippen LogP contribution in [0.15, 0.2) is 67.0 Å². The summed E-state index contributed by atoms with van der Waals surface area (Å²) >= 11 is 6.19. The third-order valence-corrected chi connectivity index (χ3v) is 8.44. The predicted molar refractivity (Wildman–Crippen MR) is 182 cm³/mol. The van der Waals surface area contributed by atoms with Gasteiger partial charge in [-0.05, 0) is 50.1 Å².